The van der Waals surface area contributed by atoms with Crippen molar-refractivity contribution < 1.29 is 9.53 Å². The molecule has 6 heteroatoms. The first-order valence-electron chi connectivity index (χ1n) is 7.18. The number of morpholine rings is 1. The Bertz CT molecular complexity index is 619. The van der Waals surface area contributed by atoms with Crippen LogP contribution in [0.3, 0.4) is 0 Å². The van der Waals surface area contributed by atoms with E-state index in [0.29, 0.717) is 32.7 Å². The van der Waals surface area contributed by atoms with Crippen molar-refractivity contribution >= 4 is 16.8 Å². The van der Waals surface area contributed by atoms with Crippen LogP contribution in [0.5, 0.6) is 0 Å². The molecule has 0 saturated carbocycles. The molecule has 4 N–H and O–H groups in total. The first kappa shape index (κ1) is 14.1. The minimum Gasteiger partial charge on any atom is -0.379 e. The van der Waals surface area contributed by atoms with Crippen LogP contribution in [0.25, 0.3) is 10.9 Å². The fraction of sp³-hybridized carbons (Fsp3) is 0.400. The lowest BCUT2D eigenvalue weighted by atomic mass is 10.1. The second-order valence-corrected chi connectivity index (χ2v) is 5.25. The van der Waals surface area contributed by atoms with Gasteiger partial charge in [0.15, 0.2) is 0 Å². The molecule has 1 fully saturated rings. The lowest BCUT2D eigenvalue weighted by Gasteiger charge is -2.28. The Hall–Kier alpha value is -1.89. The lowest BCUT2D eigenvalue weighted by molar-refractivity contribution is -0.129. The topological polar surface area (TPSA) is 83.4 Å². The van der Waals surface area contributed by atoms with E-state index in [-0.39, 0.29) is 5.91 Å². The zero-order valence-electron chi connectivity index (χ0n) is 11.8. The quantitative estimate of drug-likeness (QED) is 0.760. The number of rotatable bonds is 4. The molecule has 1 aromatic carbocycles. The molecule has 1 saturated heterocycles. The molecule has 3 rings (SSSR count). The zero-order valence-corrected chi connectivity index (χ0v) is 11.8. The smallest absolute Gasteiger partial charge is 0.251 e. The van der Waals surface area contributed by atoms with Crippen LogP contribution in [0.1, 0.15) is 5.56 Å². The van der Waals surface area contributed by atoms with Gasteiger partial charge in [-0.25, -0.2) is 5.01 Å². The van der Waals surface area contributed by atoms with Gasteiger partial charge in [-0.05, 0) is 18.1 Å². The Morgan fingerprint density at radius 1 is 1.38 bits per heavy atom. The fourth-order valence-corrected chi connectivity index (χ4v) is 2.54. The van der Waals surface area contributed by atoms with E-state index in [1.54, 1.807) is 0 Å². The van der Waals surface area contributed by atoms with Gasteiger partial charge in [-0.2, -0.15) is 0 Å². The Morgan fingerprint density at radius 3 is 2.95 bits per heavy atom. The Balaban J connectivity index is 1.62. The maximum Gasteiger partial charge on any atom is 0.251 e. The summed E-state index contributed by atoms with van der Waals surface area (Å²) in [7, 11) is 0. The average molecular weight is 288 g/mol. The number of amides is 1. The Labute approximate surface area is 123 Å². The van der Waals surface area contributed by atoms with Gasteiger partial charge in [-0.15, -0.1) is 0 Å². The van der Waals surface area contributed by atoms with E-state index in [1.807, 2.05) is 35.5 Å². The number of aromatic amines is 1. The molecule has 1 unspecified atom stereocenters. The number of carbonyl (C=O) groups excluding carboxylic acids is 1. The number of hydrogen-bond acceptors (Lipinski definition) is 4. The number of H-pyrrole nitrogens is 1. The highest BCUT2D eigenvalue weighted by Gasteiger charge is 2.19. The van der Waals surface area contributed by atoms with Gasteiger partial charge in [0.1, 0.15) is 0 Å². The molecule has 2 aromatic rings. The van der Waals surface area contributed by atoms with Crippen LogP contribution in [0.2, 0.25) is 0 Å². The van der Waals surface area contributed by atoms with Crippen molar-refractivity contribution in [1.29, 1.82) is 0 Å². The number of nitrogens with one attached hydrogen (secondary N) is 2. The number of hydrogen-bond donors (Lipinski definition) is 3. The number of nitrogens with two attached hydrogens (primary N) is 1. The van der Waals surface area contributed by atoms with Crippen LogP contribution in [0.4, 0.5) is 0 Å². The van der Waals surface area contributed by atoms with Gasteiger partial charge in [0, 0.05) is 30.2 Å². The first-order valence-corrected chi connectivity index (χ1v) is 7.18. The second kappa shape index (κ2) is 6.26. The highest BCUT2D eigenvalue weighted by molar-refractivity contribution is 5.85. The van der Waals surface area contributed by atoms with Crippen LogP contribution in [0.15, 0.2) is 30.5 Å². The Morgan fingerprint density at radius 2 is 2.14 bits per heavy atom. The standard InChI is InChI=1S/C15H20N4O2/c16-13(15(20)18-19-5-7-21-8-6-19)9-11-10-17-14-4-2-1-3-12(11)14/h1-4,10,13,17H,5-9,16H2,(H,18,20). The van der Waals surface area contributed by atoms with Crippen molar-refractivity contribution in [3.63, 3.8) is 0 Å². The summed E-state index contributed by atoms with van der Waals surface area (Å²) >= 11 is 0. The molecule has 6 nitrogen and oxygen atoms in total. The maximum absolute atomic E-state index is 12.1. The van der Waals surface area contributed by atoms with E-state index in [4.69, 9.17) is 10.5 Å². The van der Waals surface area contributed by atoms with Crippen LogP contribution in [-0.2, 0) is 16.0 Å². The minimum atomic E-state index is -0.563. The number of hydrazine groups is 1. The summed E-state index contributed by atoms with van der Waals surface area (Å²) in [5, 5.41) is 2.98. The number of aromatic nitrogens is 1. The molecule has 0 spiro atoms. The highest BCUT2D eigenvalue weighted by atomic mass is 16.5. The van der Waals surface area contributed by atoms with Crippen molar-refractivity contribution in [2.75, 3.05) is 26.3 Å². The lowest BCUT2D eigenvalue weighted by Crippen LogP contribution is -2.53. The van der Waals surface area contributed by atoms with Crippen LogP contribution < -0.4 is 11.2 Å². The largest absolute Gasteiger partial charge is 0.379 e. The van der Waals surface area contributed by atoms with Gasteiger partial charge >= 0.3 is 0 Å². The van der Waals surface area contributed by atoms with Gasteiger partial charge in [0.25, 0.3) is 5.91 Å². The van der Waals surface area contributed by atoms with E-state index in [2.05, 4.69) is 10.4 Å². The zero-order chi connectivity index (χ0) is 14.7. The normalized spacial score (nSPS) is 17.8. The van der Waals surface area contributed by atoms with Crippen LogP contribution >= 0.6 is 0 Å². The number of fused-ring (bicyclic) bond motifs is 1. The number of ether oxygens (including phenoxy) is 1. The SMILES string of the molecule is NC(Cc1c[nH]c2ccccc12)C(=O)NN1CCOCC1. The number of benzene rings is 1. The van der Waals surface area contributed by atoms with Gasteiger partial charge in [0.05, 0.1) is 19.3 Å². The van der Waals surface area contributed by atoms with Gasteiger partial charge in [0.2, 0.25) is 0 Å². The molecule has 2 heterocycles. The molecule has 21 heavy (non-hydrogen) atoms. The molecular formula is C15H20N4O2. The van der Waals surface area contributed by atoms with E-state index in [9.17, 15) is 4.79 Å². The predicted molar refractivity (Wildman–Crippen MR) is 80.5 cm³/mol. The van der Waals surface area contributed by atoms with Crippen molar-refractivity contribution in [1.82, 2.24) is 15.4 Å². The highest BCUT2D eigenvalue weighted by Crippen LogP contribution is 2.18. The number of para-hydroxylation sites is 1. The average Bonchev–Trinajstić information content (AvgIpc) is 2.91. The van der Waals surface area contributed by atoms with E-state index >= 15 is 0 Å². The summed E-state index contributed by atoms with van der Waals surface area (Å²) in [6.45, 7) is 2.67. The summed E-state index contributed by atoms with van der Waals surface area (Å²) in [5.74, 6) is -0.151. The summed E-state index contributed by atoms with van der Waals surface area (Å²) < 4.78 is 5.25. The molecule has 0 bridgehead atoms. The van der Waals surface area contributed by atoms with Crippen molar-refractivity contribution in [3.05, 3.63) is 36.0 Å². The first-order chi connectivity index (χ1) is 10.2. The fourth-order valence-electron chi connectivity index (χ4n) is 2.54. The van der Waals surface area contributed by atoms with Gasteiger partial charge in [-0.1, -0.05) is 18.2 Å². The van der Waals surface area contributed by atoms with Gasteiger partial charge in [-0.3, -0.25) is 10.2 Å². The third-order valence-electron chi connectivity index (χ3n) is 3.73. The third-order valence-corrected chi connectivity index (χ3v) is 3.73. The molecule has 1 aliphatic rings. The number of nitrogens with zero attached hydrogens (tertiary/aromatic N) is 1. The molecule has 1 aliphatic heterocycles. The molecule has 1 aromatic heterocycles. The maximum atomic E-state index is 12.1. The second-order valence-electron chi connectivity index (χ2n) is 5.25. The summed E-state index contributed by atoms with van der Waals surface area (Å²) in [5.41, 5.74) is 11.0. The van der Waals surface area contributed by atoms with Crippen molar-refractivity contribution in [2.24, 2.45) is 5.73 Å². The molecule has 0 aliphatic carbocycles. The van der Waals surface area contributed by atoms with Crippen LogP contribution in [-0.4, -0.2) is 48.2 Å². The van der Waals surface area contributed by atoms with Crippen molar-refractivity contribution in [3.8, 4) is 0 Å². The minimum absolute atomic E-state index is 0.151. The van der Waals surface area contributed by atoms with Crippen LogP contribution in [0, 0.1) is 0 Å². The molecule has 112 valence electrons. The predicted octanol–water partition coefficient (Wildman–Crippen LogP) is 0.401. The summed E-state index contributed by atoms with van der Waals surface area (Å²) in [6, 6.07) is 7.45. The molecular weight excluding hydrogens is 268 g/mol. The van der Waals surface area contributed by atoms with Crippen molar-refractivity contribution in [2.45, 2.75) is 12.5 Å². The molecule has 1 atom stereocenters. The van der Waals surface area contributed by atoms with E-state index in [0.717, 1.165) is 16.5 Å². The third kappa shape index (κ3) is 3.24. The van der Waals surface area contributed by atoms with Gasteiger partial charge < -0.3 is 15.5 Å². The van der Waals surface area contributed by atoms with E-state index in [1.165, 1.54) is 0 Å². The Kier molecular flexibility index (Phi) is 4.19. The summed E-state index contributed by atoms with van der Waals surface area (Å²) in [4.78, 5) is 15.3. The van der Waals surface area contributed by atoms with E-state index < -0.39 is 6.04 Å². The molecule has 1 amide bonds. The molecule has 0 radical (unpaired) electrons. The number of carbonyl (C=O) groups is 1. The monoisotopic (exact) mass is 288 g/mol. The summed E-state index contributed by atoms with van der Waals surface area (Å²) in [6.07, 6.45) is 2.44.